The first-order valence-electron chi connectivity index (χ1n) is 5.63. The number of rotatable bonds is 2. The van der Waals surface area contributed by atoms with E-state index in [1.165, 1.54) is 5.56 Å². The Morgan fingerprint density at radius 3 is 3.06 bits per heavy atom. The lowest BCUT2D eigenvalue weighted by molar-refractivity contribution is 0.232. The van der Waals surface area contributed by atoms with E-state index in [9.17, 15) is 0 Å². The molecule has 0 bridgehead atoms. The van der Waals surface area contributed by atoms with Crippen molar-refractivity contribution in [3.8, 4) is 0 Å². The molecular formula is C11H15N5. The molecule has 5 heteroatoms. The molecular weight excluding hydrogens is 202 g/mol. The summed E-state index contributed by atoms with van der Waals surface area (Å²) in [4.78, 5) is 6.80. The van der Waals surface area contributed by atoms with Gasteiger partial charge in [-0.25, -0.2) is 9.50 Å². The van der Waals surface area contributed by atoms with Gasteiger partial charge in [0.05, 0.1) is 6.20 Å². The summed E-state index contributed by atoms with van der Waals surface area (Å²) in [6, 6.07) is 1.91. The van der Waals surface area contributed by atoms with Crippen molar-refractivity contribution in [2.45, 2.75) is 6.54 Å². The molecule has 1 N–H and O–H groups in total. The standard InChI is InChI=1S/C11H15N5/c1-2-14-16-9-10(7-13-11(1)16)8-15-5-3-12-4-6-15/h1-2,7,9,12H,3-6,8H2. The molecule has 5 nitrogen and oxygen atoms in total. The third-order valence-corrected chi connectivity index (χ3v) is 2.92. The van der Waals surface area contributed by atoms with Crippen LogP contribution in [0, 0.1) is 0 Å². The zero-order valence-corrected chi connectivity index (χ0v) is 9.13. The molecule has 0 aliphatic carbocycles. The van der Waals surface area contributed by atoms with Gasteiger partial charge in [-0.1, -0.05) is 0 Å². The van der Waals surface area contributed by atoms with E-state index in [0.717, 1.165) is 38.4 Å². The molecule has 16 heavy (non-hydrogen) atoms. The van der Waals surface area contributed by atoms with E-state index in [4.69, 9.17) is 0 Å². The van der Waals surface area contributed by atoms with Crippen LogP contribution in [0.3, 0.4) is 0 Å². The fourth-order valence-corrected chi connectivity index (χ4v) is 2.06. The molecule has 1 saturated heterocycles. The molecule has 3 heterocycles. The zero-order valence-electron chi connectivity index (χ0n) is 9.13. The van der Waals surface area contributed by atoms with Crippen LogP contribution in [0.1, 0.15) is 5.56 Å². The van der Waals surface area contributed by atoms with Crippen LogP contribution >= 0.6 is 0 Å². The number of hydrogen-bond donors (Lipinski definition) is 1. The second-order valence-corrected chi connectivity index (χ2v) is 4.12. The molecule has 3 rings (SSSR count). The van der Waals surface area contributed by atoms with Crippen molar-refractivity contribution >= 4 is 5.65 Å². The van der Waals surface area contributed by atoms with Crippen molar-refractivity contribution in [1.82, 2.24) is 24.8 Å². The summed E-state index contributed by atoms with van der Waals surface area (Å²) in [5.41, 5.74) is 2.13. The first-order chi connectivity index (χ1) is 7.92. The van der Waals surface area contributed by atoms with Crippen LogP contribution in [-0.2, 0) is 6.54 Å². The number of nitrogens with zero attached hydrogens (tertiary/aromatic N) is 4. The van der Waals surface area contributed by atoms with Crippen LogP contribution in [0.4, 0.5) is 0 Å². The average Bonchev–Trinajstić information content (AvgIpc) is 2.77. The Morgan fingerprint density at radius 2 is 2.19 bits per heavy atom. The van der Waals surface area contributed by atoms with Gasteiger partial charge in [0.25, 0.3) is 0 Å². The van der Waals surface area contributed by atoms with Gasteiger partial charge in [-0.05, 0) is 0 Å². The monoisotopic (exact) mass is 217 g/mol. The minimum absolute atomic E-state index is 0.907. The fraction of sp³-hybridized carbons (Fsp3) is 0.455. The van der Waals surface area contributed by atoms with Crippen LogP contribution in [0.25, 0.3) is 5.65 Å². The highest BCUT2D eigenvalue weighted by molar-refractivity contribution is 5.35. The van der Waals surface area contributed by atoms with Crippen molar-refractivity contribution in [3.63, 3.8) is 0 Å². The summed E-state index contributed by atoms with van der Waals surface area (Å²) >= 11 is 0. The lowest BCUT2D eigenvalue weighted by Gasteiger charge is -2.26. The van der Waals surface area contributed by atoms with Crippen LogP contribution in [0.15, 0.2) is 24.7 Å². The number of aromatic nitrogens is 3. The van der Waals surface area contributed by atoms with Crippen molar-refractivity contribution in [2.75, 3.05) is 26.2 Å². The summed E-state index contributed by atoms with van der Waals surface area (Å²) in [5, 5.41) is 7.55. The lowest BCUT2D eigenvalue weighted by atomic mass is 10.3. The lowest BCUT2D eigenvalue weighted by Crippen LogP contribution is -2.42. The Balaban J connectivity index is 1.77. The second-order valence-electron chi connectivity index (χ2n) is 4.12. The van der Waals surface area contributed by atoms with E-state index in [-0.39, 0.29) is 0 Å². The maximum Gasteiger partial charge on any atom is 0.154 e. The van der Waals surface area contributed by atoms with E-state index >= 15 is 0 Å². The highest BCUT2D eigenvalue weighted by Crippen LogP contribution is 2.06. The maximum atomic E-state index is 4.36. The van der Waals surface area contributed by atoms with Crippen molar-refractivity contribution < 1.29 is 0 Å². The Bertz CT molecular complexity index is 472. The summed E-state index contributed by atoms with van der Waals surface area (Å²) in [6.07, 6.45) is 5.78. The predicted octanol–water partition coefficient (Wildman–Crippen LogP) is 0.134. The first-order valence-corrected chi connectivity index (χ1v) is 5.63. The second kappa shape index (κ2) is 4.19. The van der Waals surface area contributed by atoms with Crippen LogP contribution in [0.2, 0.25) is 0 Å². The molecule has 1 aliphatic heterocycles. The van der Waals surface area contributed by atoms with E-state index in [0.29, 0.717) is 0 Å². The Morgan fingerprint density at radius 1 is 1.31 bits per heavy atom. The average molecular weight is 217 g/mol. The molecule has 2 aromatic heterocycles. The fourth-order valence-electron chi connectivity index (χ4n) is 2.06. The van der Waals surface area contributed by atoms with Crippen molar-refractivity contribution in [3.05, 3.63) is 30.2 Å². The smallest absolute Gasteiger partial charge is 0.154 e. The number of fused-ring (bicyclic) bond motifs is 1. The SMILES string of the molecule is c1cc2ncc(CN3CCNCC3)cn2n1. The van der Waals surface area contributed by atoms with Gasteiger partial charge in [0.2, 0.25) is 0 Å². The van der Waals surface area contributed by atoms with E-state index < -0.39 is 0 Å². The van der Waals surface area contributed by atoms with Crippen LogP contribution in [-0.4, -0.2) is 45.7 Å². The summed E-state index contributed by atoms with van der Waals surface area (Å²) in [5.74, 6) is 0. The molecule has 1 aliphatic rings. The Hall–Kier alpha value is -1.46. The third kappa shape index (κ3) is 1.91. The molecule has 0 atom stereocenters. The topological polar surface area (TPSA) is 45.5 Å². The minimum atomic E-state index is 0.907. The summed E-state index contributed by atoms with van der Waals surface area (Å²) in [6.45, 7) is 5.34. The molecule has 0 unspecified atom stereocenters. The Kier molecular flexibility index (Phi) is 2.55. The molecule has 0 spiro atoms. The molecule has 0 amide bonds. The normalized spacial score (nSPS) is 18.0. The minimum Gasteiger partial charge on any atom is -0.314 e. The van der Waals surface area contributed by atoms with Crippen LogP contribution < -0.4 is 5.32 Å². The van der Waals surface area contributed by atoms with E-state index in [2.05, 4.69) is 26.5 Å². The van der Waals surface area contributed by atoms with Gasteiger partial charge < -0.3 is 5.32 Å². The van der Waals surface area contributed by atoms with Gasteiger partial charge in [-0.2, -0.15) is 5.10 Å². The van der Waals surface area contributed by atoms with Crippen LogP contribution in [0.5, 0.6) is 0 Å². The van der Waals surface area contributed by atoms with E-state index in [1.54, 1.807) is 6.20 Å². The third-order valence-electron chi connectivity index (χ3n) is 2.92. The van der Waals surface area contributed by atoms with Crippen molar-refractivity contribution in [1.29, 1.82) is 0 Å². The summed E-state index contributed by atoms with van der Waals surface area (Å²) in [7, 11) is 0. The van der Waals surface area contributed by atoms with Gasteiger partial charge in [0.15, 0.2) is 5.65 Å². The highest BCUT2D eigenvalue weighted by atomic mass is 15.2. The Labute approximate surface area is 94.1 Å². The highest BCUT2D eigenvalue weighted by Gasteiger charge is 2.10. The molecule has 1 fully saturated rings. The summed E-state index contributed by atoms with van der Waals surface area (Å²) < 4.78 is 1.83. The quantitative estimate of drug-likeness (QED) is 0.777. The number of hydrogen-bond acceptors (Lipinski definition) is 4. The number of piperazine rings is 1. The van der Waals surface area contributed by atoms with Gasteiger partial charge in [0.1, 0.15) is 0 Å². The molecule has 0 saturated carbocycles. The molecule has 2 aromatic rings. The predicted molar refractivity (Wildman–Crippen MR) is 61.1 cm³/mol. The van der Waals surface area contributed by atoms with Gasteiger partial charge in [-0.3, -0.25) is 4.90 Å². The molecule has 84 valence electrons. The van der Waals surface area contributed by atoms with Crippen molar-refractivity contribution in [2.24, 2.45) is 0 Å². The largest absolute Gasteiger partial charge is 0.314 e. The molecule has 0 aromatic carbocycles. The van der Waals surface area contributed by atoms with Gasteiger partial charge in [0, 0.05) is 56.7 Å². The van der Waals surface area contributed by atoms with Gasteiger partial charge >= 0.3 is 0 Å². The number of nitrogens with one attached hydrogen (secondary N) is 1. The zero-order chi connectivity index (χ0) is 10.8. The first kappa shape index (κ1) is 9.74. The maximum absolute atomic E-state index is 4.36. The molecule has 0 radical (unpaired) electrons. The van der Waals surface area contributed by atoms with Gasteiger partial charge in [-0.15, -0.1) is 0 Å². The van der Waals surface area contributed by atoms with E-state index in [1.807, 2.05) is 16.8 Å².